The lowest BCUT2D eigenvalue weighted by Crippen LogP contribution is -2.44. The molecule has 7 N–H and O–H groups in total. The van der Waals surface area contributed by atoms with Gasteiger partial charge in [-0.2, -0.15) is 0 Å². The van der Waals surface area contributed by atoms with Crippen LogP contribution in [0.5, 0.6) is 28.7 Å². The summed E-state index contributed by atoms with van der Waals surface area (Å²) in [6.45, 7) is 1.42. The quantitative estimate of drug-likeness (QED) is 0.0824. The number of anilines is 1. The number of hydrogen-bond acceptors (Lipinski definition) is 12. The Morgan fingerprint density at radius 1 is 1.09 bits per heavy atom. The summed E-state index contributed by atoms with van der Waals surface area (Å²) in [5, 5.41) is 39.2. The first-order valence-corrected chi connectivity index (χ1v) is 20.0. The zero-order valence-electron chi connectivity index (χ0n) is 32.9. The van der Waals surface area contributed by atoms with Crippen LogP contribution in [0.15, 0.2) is 48.5 Å². The lowest BCUT2D eigenvalue weighted by molar-refractivity contribution is -0.141. The first-order valence-electron chi connectivity index (χ1n) is 20.0. The monoisotopic (exact) mass is 784 g/mol. The highest BCUT2D eigenvalue weighted by molar-refractivity contribution is 5.84. The number of carbonyl (C=O) groups excluding carboxylic acids is 1. The molecule has 58 heavy (non-hydrogen) atoms. The van der Waals surface area contributed by atoms with Crippen LogP contribution in [0.4, 0.5) is 5.82 Å². The Labute approximate surface area is 337 Å². The van der Waals surface area contributed by atoms with Crippen LogP contribution in [0.2, 0.25) is 0 Å². The van der Waals surface area contributed by atoms with Crippen molar-refractivity contribution in [3.8, 4) is 51.7 Å². The summed E-state index contributed by atoms with van der Waals surface area (Å²) in [5.41, 5.74) is 14.3. The third kappa shape index (κ3) is 6.38. The molecule has 12 nitrogen and oxygen atoms in total. The summed E-state index contributed by atoms with van der Waals surface area (Å²) in [6, 6.07) is 12.9. The average molecular weight is 785 g/mol. The van der Waals surface area contributed by atoms with Gasteiger partial charge in [-0.3, -0.25) is 4.79 Å². The lowest BCUT2D eigenvalue weighted by atomic mass is 9.65. The minimum atomic E-state index is -0.677. The van der Waals surface area contributed by atoms with Crippen LogP contribution in [0, 0.1) is 17.8 Å². The molecule has 1 saturated carbocycles. The second-order valence-electron chi connectivity index (χ2n) is 16.2. The summed E-state index contributed by atoms with van der Waals surface area (Å²) < 4.78 is 25.7. The first kappa shape index (κ1) is 37.8. The number of aromatic nitrogens is 1. The van der Waals surface area contributed by atoms with Gasteiger partial charge in [0, 0.05) is 59.2 Å². The van der Waals surface area contributed by atoms with Crippen LogP contribution in [0.3, 0.4) is 0 Å². The van der Waals surface area contributed by atoms with Gasteiger partial charge in [-0.05, 0) is 98.5 Å². The molecule has 12 heteroatoms. The molecular formula is C46H48N4O8. The van der Waals surface area contributed by atoms with E-state index in [1.807, 2.05) is 50.5 Å². The number of nitrogens with zero attached hydrogens (tertiary/aromatic N) is 1. The molecule has 4 heterocycles. The van der Waals surface area contributed by atoms with Gasteiger partial charge >= 0.3 is 5.97 Å². The summed E-state index contributed by atoms with van der Waals surface area (Å²) in [4.78, 5) is 17.2. The maximum Gasteiger partial charge on any atom is 0.302 e. The number of hydrogen-bond donors (Lipinski definition) is 6. The highest BCUT2D eigenvalue weighted by atomic mass is 16.6. The van der Waals surface area contributed by atoms with Crippen molar-refractivity contribution >= 4 is 17.9 Å². The second kappa shape index (κ2) is 14.9. The summed E-state index contributed by atoms with van der Waals surface area (Å²) in [6.07, 6.45) is 7.24. The van der Waals surface area contributed by atoms with E-state index in [4.69, 9.17) is 29.7 Å². The molecule has 3 aromatic carbocycles. The number of aliphatic hydroxyl groups is 1. The van der Waals surface area contributed by atoms with Crippen LogP contribution >= 0.6 is 0 Å². The Morgan fingerprint density at radius 2 is 1.95 bits per heavy atom. The predicted octanol–water partition coefficient (Wildman–Crippen LogP) is 5.18. The minimum Gasteiger partial charge on any atom is -0.508 e. The number of fused-ring (bicyclic) bond motifs is 9. The van der Waals surface area contributed by atoms with Crippen molar-refractivity contribution in [2.24, 2.45) is 5.92 Å². The van der Waals surface area contributed by atoms with Crippen LogP contribution < -0.4 is 30.6 Å². The Morgan fingerprint density at radius 3 is 2.74 bits per heavy atom. The number of phenolic OH excluding ortho intramolecular Hbond substituents is 2. The van der Waals surface area contributed by atoms with Crippen LogP contribution in [-0.2, 0) is 34.2 Å². The van der Waals surface area contributed by atoms with Crippen molar-refractivity contribution in [2.75, 3.05) is 39.8 Å². The summed E-state index contributed by atoms with van der Waals surface area (Å²) >= 11 is 0. The summed E-state index contributed by atoms with van der Waals surface area (Å²) in [5.74, 6) is 8.05. The van der Waals surface area contributed by atoms with Crippen LogP contribution in [-0.4, -0.2) is 72.5 Å². The van der Waals surface area contributed by atoms with Crippen LogP contribution in [0.1, 0.15) is 82.8 Å². The van der Waals surface area contributed by atoms with Gasteiger partial charge < -0.3 is 50.6 Å². The lowest BCUT2D eigenvalue weighted by Gasteiger charge is -2.39. The van der Waals surface area contributed by atoms with E-state index in [0.29, 0.717) is 41.5 Å². The molecule has 0 saturated heterocycles. The SMILES string of the molecule is CNCC1Oc2c(O)cc3c(c2C=CC1NC)C1Oc2c(ccc4c2C2(CCC(Cc5ccc(N)nc5C#CC3)C2)Cc2cc(O)cc(OCO)c2-4)C1COC(C)=O. The number of likely N-dealkylation sites (N-methyl/N-ethyl adjacent to an activating group) is 2. The topological polar surface area (TPSA) is 178 Å². The zero-order chi connectivity index (χ0) is 40.3. The van der Waals surface area contributed by atoms with E-state index in [-0.39, 0.29) is 42.6 Å². The second-order valence-corrected chi connectivity index (χ2v) is 16.2. The van der Waals surface area contributed by atoms with Crippen LogP contribution in [0.25, 0.3) is 17.2 Å². The fraction of sp³-hybridized carbons (Fsp3) is 0.391. The number of aromatic hydroxyl groups is 2. The van der Waals surface area contributed by atoms with Gasteiger partial charge in [-0.15, -0.1) is 0 Å². The number of nitrogen functional groups attached to an aromatic ring is 1. The molecule has 1 spiro atoms. The highest BCUT2D eigenvalue weighted by Gasteiger charge is 2.51. The number of pyridine rings is 1. The Bertz CT molecular complexity index is 2420. The number of carbonyl (C=O) groups is 1. The molecule has 0 amide bonds. The highest BCUT2D eigenvalue weighted by Crippen LogP contribution is 2.63. The Balaban J connectivity index is 1.33. The van der Waals surface area contributed by atoms with Gasteiger partial charge in [-0.25, -0.2) is 4.98 Å². The van der Waals surface area contributed by atoms with E-state index < -0.39 is 30.2 Å². The number of benzene rings is 3. The molecule has 1 aromatic heterocycles. The normalized spacial score (nSPS) is 24.5. The number of rotatable bonds is 7. The largest absolute Gasteiger partial charge is 0.508 e. The van der Waals surface area contributed by atoms with Gasteiger partial charge in [0.05, 0.1) is 12.0 Å². The number of esters is 1. The standard InChI is InChI=1S/C46H48N4O8/c1-24(52)55-22-33-30-8-9-31-40-28(16-29(53)18-37(40)56-23-51)20-46-14-13-25(19-46)15-26-7-12-39(47)50-34(26)6-4-5-27-17-36(54)43-32(41(27)44(33)58-45(30)42(31)46)10-11-35(49-3)38(57-43)21-48-2/h7-12,16-18,25,33,35,38,44,48-49,51,53-54H,5,13-15,19-23H2,1-3H3,(H2,47,50). The van der Waals surface area contributed by atoms with Gasteiger partial charge in [0.15, 0.2) is 18.3 Å². The fourth-order valence-corrected chi connectivity index (χ4v) is 10.3. The molecule has 0 radical (unpaired) electrons. The van der Waals surface area contributed by atoms with Crippen molar-refractivity contribution in [3.05, 3.63) is 93.2 Å². The number of aliphatic hydroxyl groups excluding tert-OH is 1. The summed E-state index contributed by atoms with van der Waals surface area (Å²) in [7, 11) is 3.73. The van der Waals surface area contributed by atoms with Gasteiger partial charge in [0.2, 0.25) is 0 Å². The predicted molar refractivity (Wildman–Crippen MR) is 218 cm³/mol. The van der Waals surface area contributed by atoms with Crippen molar-refractivity contribution in [3.63, 3.8) is 0 Å². The third-order valence-corrected chi connectivity index (χ3v) is 12.7. The molecule has 4 bridgehead atoms. The molecule has 5 aliphatic rings. The van der Waals surface area contributed by atoms with Gasteiger partial charge in [0.25, 0.3) is 0 Å². The third-order valence-electron chi connectivity index (χ3n) is 12.7. The number of ether oxygens (including phenoxy) is 4. The minimum absolute atomic E-state index is 0.0179. The first-order chi connectivity index (χ1) is 28.1. The molecule has 9 rings (SSSR count). The van der Waals surface area contributed by atoms with Crippen molar-refractivity contribution < 1.29 is 39.1 Å². The van der Waals surface area contributed by atoms with E-state index in [9.17, 15) is 20.1 Å². The van der Waals surface area contributed by atoms with E-state index in [1.165, 1.54) is 6.92 Å². The maximum absolute atomic E-state index is 12.5. The van der Waals surface area contributed by atoms with Gasteiger partial charge in [-0.1, -0.05) is 36.3 Å². The van der Waals surface area contributed by atoms with E-state index >= 15 is 0 Å². The van der Waals surface area contributed by atoms with Crippen molar-refractivity contribution in [1.29, 1.82) is 0 Å². The van der Waals surface area contributed by atoms with E-state index in [2.05, 4.69) is 28.5 Å². The van der Waals surface area contributed by atoms with Crippen molar-refractivity contribution in [1.82, 2.24) is 15.6 Å². The Hall–Kier alpha value is -5.74. The molecule has 2 aliphatic carbocycles. The number of nitrogens with one attached hydrogen (secondary N) is 2. The fourth-order valence-electron chi connectivity index (χ4n) is 10.3. The molecule has 4 aromatic rings. The average Bonchev–Trinajstić information content (AvgIpc) is 3.69. The molecule has 3 aliphatic heterocycles. The Kier molecular flexibility index (Phi) is 9.71. The molecular weight excluding hydrogens is 737 g/mol. The molecule has 6 unspecified atom stereocenters. The number of phenols is 2. The van der Waals surface area contributed by atoms with Crippen molar-refractivity contribution in [2.45, 2.75) is 75.0 Å². The smallest absolute Gasteiger partial charge is 0.302 e. The van der Waals surface area contributed by atoms with E-state index in [0.717, 1.165) is 75.9 Å². The molecule has 300 valence electrons. The maximum atomic E-state index is 12.5. The van der Waals surface area contributed by atoms with E-state index in [1.54, 1.807) is 12.1 Å². The zero-order valence-corrected chi connectivity index (χ0v) is 32.9. The van der Waals surface area contributed by atoms with Gasteiger partial charge in [0.1, 0.15) is 47.6 Å². The molecule has 6 atom stereocenters. The molecule has 1 fully saturated rings. The number of nitrogens with two attached hydrogens (primary N) is 1.